The number of hydrogen-bond donors (Lipinski definition) is 2. The van der Waals surface area contributed by atoms with Crippen molar-refractivity contribution in [2.45, 2.75) is 43.6 Å². The number of carbonyl (C=O) groups excluding carboxylic acids is 1. The fourth-order valence-corrected chi connectivity index (χ4v) is 2.58. The first-order chi connectivity index (χ1) is 10.8. The molecule has 0 aliphatic rings. The minimum absolute atomic E-state index is 0.0294. The Morgan fingerprint density at radius 1 is 1.30 bits per heavy atom. The predicted molar refractivity (Wildman–Crippen MR) is 91.6 cm³/mol. The maximum Gasteiger partial charge on any atom is 0.233 e. The number of hydrogen-bond acceptors (Lipinski definition) is 5. The van der Waals surface area contributed by atoms with Gasteiger partial charge in [0.2, 0.25) is 11.1 Å². The predicted octanol–water partition coefficient (Wildman–Crippen LogP) is 2.88. The van der Waals surface area contributed by atoms with Crippen LogP contribution < -0.4 is 10.1 Å². The van der Waals surface area contributed by atoms with Crippen LogP contribution in [0.3, 0.4) is 0 Å². The molecule has 0 fully saturated rings. The van der Waals surface area contributed by atoms with Gasteiger partial charge in [-0.1, -0.05) is 11.8 Å². The van der Waals surface area contributed by atoms with E-state index in [0.29, 0.717) is 11.0 Å². The lowest BCUT2D eigenvalue weighted by molar-refractivity contribution is -0.121. The topological polar surface area (TPSA) is 79.9 Å². The first-order valence-electron chi connectivity index (χ1n) is 7.34. The van der Waals surface area contributed by atoms with Crippen LogP contribution in [0, 0.1) is 0 Å². The minimum Gasteiger partial charge on any atom is -0.497 e. The number of aromatic amines is 1. The number of ether oxygens (including phenoxy) is 1. The summed E-state index contributed by atoms with van der Waals surface area (Å²) in [5.74, 6) is 1.42. The van der Waals surface area contributed by atoms with E-state index in [0.717, 1.165) is 11.3 Å². The van der Waals surface area contributed by atoms with E-state index in [1.807, 2.05) is 52.0 Å². The van der Waals surface area contributed by atoms with Crippen LogP contribution in [-0.2, 0) is 4.79 Å². The second-order valence-corrected chi connectivity index (χ2v) is 7.50. The summed E-state index contributed by atoms with van der Waals surface area (Å²) in [7, 11) is 1.63. The number of nitrogens with one attached hydrogen (secondary N) is 2. The molecule has 2 rings (SSSR count). The van der Waals surface area contributed by atoms with Gasteiger partial charge in [-0.05, 0) is 52.0 Å². The Labute approximate surface area is 140 Å². The molecule has 1 atom stereocenters. The summed E-state index contributed by atoms with van der Waals surface area (Å²) in [6.07, 6.45) is 0. The zero-order valence-corrected chi connectivity index (χ0v) is 14.8. The average Bonchev–Trinajstić information content (AvgIpc) is 2.94. The molecule has 0 aliphatic heterocycles. The lowest BCUT2D eigenvalue weighted by Crippen LogP contribution is -2.44. The van der Waals surface area contributed by atoms with Gasteiger partial charge in [0, 0.05) is 11.1 Å². The Morgan fingerprint density at radius 3 is 2.52 bits per heavy atom. The lowest BCUT2D eigenvalue weighted by atomic mass is 10.1. The van der Waals surface area contributed by atoms with E-state index < -0.39 is 0 Å². The fourth-order valence-electron chi connectivity index (χ4n) is 1.86. The average molecular weight is 334 g/mol. The number of methoxy groups -OCH3 is 1. The SMILES string of the molecule is COc1ccc(-c2nc(SC(C)C(=O)NC(C)(C)C)n[nH]2)cc1. The van der Waals surface area contributed by atoms with Crippen molar-refractivity contribution < 1.29 is 9.53 Å². The highest BCUT2D eigenvalue weighted by molar-refractivity contribution is 8.00. The molecule has 0 bridgehead atoms. The molecule has 2 N–H and O–H groups in total. The van der Waals surface area contributed by atoms with Crippen LogP contribution in [0.2, 0.25) is 0 Å². The van der Waals surface area contributed by atoms with Crippen LogP contribution in [-0.4, -0.2) is 39.0 Å². The molecule has 1 amide bonds. The molecular weight excluding hydrogens is 312 g/mol. The maximum atomic E-state index is 12.1. The molecule has 124 valence electrons. The van der Waals surface area contributed by atoms with E-state index in [1.165, 1.54) is 11.8 Å². The van der Waals surface area contributed by atoms with Gasteiger partial charge >= 0.3 is 0 Å². The number of benzene rings is 1. The molecule has 1 heterocycles. The lowest BCUT2D eigenvalue weighted by Gasteiger charge is -2.22. The molecule has 0 aliphatic carbocycles. The van der Waals surface area contributed by atoms with Crippen molar-refractivity contribution in [1.82, 2.24) is 20.5 Å². The van der Waals surface area contributed by atoms with Gasteiger partial charge in [0.1, 0.15) is 5.75 Å². The van der Waals surface area contributed by atoms with E-state index in [1.54, 1.807) is 7.11 Å². The van der Waals surface area contributed by atoms with Gasteiger partial charge < -0.3 is 10.1 Å². The summed E-state index contributed by atoms with van der Waals surface area (Å²) in [5.41, 5.74) is 0.663. The Morgan fingerprint density at radius 2 is 1.96 bits per heavy atom. The van der Waals surface area contributed by atoms with Crippen LogP contribution in [0.1, 0.15) is 27.7 Å². The standard InChI is InChI=1S/C16H22N4O2S/c1-10(14(21)18-16(2,3)4)23-15-17-13(19-20-15)11-6-8-12(22-5)9-7-11/h6-10H,1-5H3,(H,18,21)(H,17,19,20). The molecule has 1 aromatic heterocycles. The number of aromatic nitrogens is 3. The fraction of sp³-hybridized carbons (Fsp3) is 0.438. The maximum absolute atomic E-state index is 12.1. The third kappa shape index (κ3) is 4.99. The van der Waals surface area contributed by atoms with Crippen molar-refractivity contribution in [3.63, 3.8) is 0 Å². The Hall–Kier alpha value is -2.02. The van der Waals surface area contributed by atoms with E-state index >= 15 is 0 Å². The highest BCUT2D eigenvalue weighted by Gasteiger charge is 2.21. The van der Waals surface area contributed by atoms with Crippen LogP contribution in [0.15, 0.2) is 29.4 Å². The highest BCUT2D eigenvalue weighted by atomic mass is 32.2. The normalized spacial score (nSPS) is 12.7. The number of nitrogens with zero attached hydrogens (tertiary/aromatic N) is 2. The van der Waals surface area contributed by atoms with Crippen molar-refractivity contribution in [3.05, 3.63) is 24.3 Å². The first kappa shape index (κ1) is 17.3. The molecule has 6 nitrogen and oxygen atoms in total. The van der Waals surface area contributed by atoms with Gasteiger partial charge in [0.25, 0.3) is 0 Å². The number of amides is 1. The van der Waals surface area contributed by atoms with Crippen LogP contribution in [0.25, 0.3) is 11.4 Å². The summed E-state index contributed by atoms with van der Waals surface area (Å²) in [4.78, 5) is 16.5. The van der Waals surface area contributed by atoms with Gasteiger partial charge in [-0.2, -0.15) is 0 Å². The monoisotopic (exact) mass is 334 g/mol. The zero-order valence-electron chi connectivity index (χ0n) is 14.0. The van der Waals surface area contributed by atoms with Crippen molar-refractivity contribution in [2.75, 3.05) is 7.11 Å². The molecule has 0 spiro atoms. The van der Waals surface area contributed by atoms with Crippen molar-refractivity contribution in [1.29, 1.82) is 0 Å². The number of thioether (sulfide) groups is 1. The van der Waals surface area contributed by atoms with Gasteiger partial charge in [-0.15, -0.1) is 5.10 Å². The third-order valence-corrected chi connectivity index (χ3v) is 3.94. The molecule has 1 unspecified atom stereocenters. The van der Waals surface area contributed by atoms with Crippen molar-refractivity contribution in [3.8, 4) is 17.1 Å². The van der Waals surface area contributed by atoms with E-state index in [4.69, 9.17) is 4.74 Å². The number of rotatable bonds is 5. The summed E-state index contributed by atoms with van der Waals surface area (Å²) in [6, 6.07) is 7.54. The number of H-pyrrole nitrogens is 1. The van der Waals surface area contributed by atoms with Crippen LogP contribution in [0.5, 0.6) is 5.75 Å². The molecular formula is C16H22N4O2S. The Kier molecular flexibility index (Phi) is 5.30. The van der Waals surface area contributed by atoms with Gasteiger partial charge in [-0.25, -0.2) is 4.98 Å². The second-order valence-electron chi connectivity index (χ2n) is 6.19. The van der Waals surface area contributed by atoms with Gasteiger partial charge in [0.05, 0.1) is 12.4 Å². The zero-order chi connectivity index (χ0) is 17.0. The second kappa shape index (κ2) is 7.04. The summed E-state index contributed by atoms with van der Waals surface area (Å²) < 4.78 is 5.13. The summed E-state index contributed by atoms with van der Waals surface area (Å²) in [5, 5.41) is 10.3. The van der Waals surface area contributed by atoms with E-state index in [9.17, 15) is 4.79 Å². The minimum atomic E-state index is -0.270. The third-order valence-electron chi connectivity index (χ3n) is 2.98. The molecule has 0 saturated heterocycles. The smallest absolute Gasteiger partial charge is 0.233 e. The quantitative estimate of drug-likeness (QED) is 0.822. The van der Waals surface area contributed by atoms with E-state index in [2.05, 4.69) is 20.5 Å². The summed E-state index contributed by atoms with van der Waals surface area (Å²) in [6.45, 7) is 7.71. The van der Waals surface area contributed by atoms with Crippen LogP contribution in [0.4, 0.5) is 0 Å². The molecule has 0 radical (unpaired) electrons. The highest BCUT2D eigenvalue weighted by Crippen LogP contribution is 2.24. The molecule has 2 aromatic rings. The van der Waals surface area contributed by atoms with E-state index in [-0.39, 0.29) is 16.7 Å². The Balaban J connectivity index is 2.02. The molecule has 7 heteroatoms. The van der Waals surface area contributed by atoms with Crippen molar-refractivity contribution >= 4 is 17.7 Å². The van der Waals surface area contributed by atoms with Crippen LogP contribution >= 0.6 is 11.8 Å². The Bertz CT molecular complexity index is 661. The van der Waals surface area contributed by atoms with Crippen molar-refractivity contribution in [2.24, 2.45) is 0 Å². The number of carbonyl (C=O) groups is 1. The van der Waals surface area contributed by atoms with Gasteiger partial charge in [0.15, 0.2) is 5.82 Å². The summed E-state index contributed by atoms with van der Waals surface area (Å²) >= 11 is 1.33. The molecule has 23 heavy (non-hydrogen) atoms. The molecule has 1 aromatic carbocycles. The first-order valence-corrected chi connectivity index (χ1v) is 8.22. The van der Waals surface area contributed by atoms with Gasteiger partial charge in [-0.3, -0.25) is 9.89 Å². The largest absolute Gasteiger partial charge is 0.497 e. The molecule has 0 saturated carbocycles.